The zero-order valence-corrected chi connectivity index (χ0v) is 19.6. The summed E-state index contributed by atoms with van der Waals surface area (Å²) in [5.41, 5.74) is 16.3. The summed E-state index contributed by atoms with van der Waals surface area (Å²) in [5.74, 6) is -4.85. The number of carboxylic acid groups (broad SMARTS) is 2. The number of rotatable bonds is 14. The van der Waals surface area contributed by atoms with E-state index in [1.165, 1.54) is 6.92 Å². The number of nitrogens with zero attached hydrogens (tertiary/aromatic N) is 2. The fourth-order valence-electron chi connectivity index (χ4n) is 3.57. The van der Waals surface area contributed by atoms with Crippen molar-refractivity contribution in [1.82, 2.24) is 15.5 Å². The number of likely N-dealkylation sites (tertiary alicyclic amines) is 1. The van der Waals surface area contributed by atoms with E-state index in [4.69, 9.17) is 22.3 Å². The Morgan fingerprint density at radius 2 is 1.74 bits per heavy atom. The SMILES string of the molecule is CC(O)C(NC(=O)C(CCCN=C(N)N)NC(=O)C(N)CCC(=O)O)C(=O)N1CCCC1C(=O)O. The third-order valence-corrected chi connectivity index (χ3v) is 5.45. The first-order chi connectivity index (χ1) is 16.3. The molecule has 5 atom stereocenters. The maximum Gasteiger partial charge on any atom is 0.326 e. The molecule has 0 aromatic carbocycles. The number of hydrogen-bond acceptors (Lipinski definition) is 8. The molecule has 0 saturated carbocycles. The molecular formula is C20H35N7O8. The molecule has 35 heavy (non-hydrogen) atoms. The first-order valence-corrected chi connectivity index (χ1v) is 11.2. The molecule has 1 aliphatic rings. The predicted octanol–water partition coefficient (Wildman–Crippen LogP) is -3.34. The Morgan fingerprint density at radius 3 is 2.29 bits per heavy atom. The monoisotopic (exact) mass is 501 g/mol. The molecule has 0 radical (unpaired) electrons. The predicted molar refractivity (Wildman–Crippen MR) is 123 cm³/mol. The summed E-state index contributed by atoms with van der Waals surface area (Å²) < 4.78 is 0. The van der Waals surface area contributed by atoms with E-state index >= 15 is 0 Å². The smallest absolute Gasteiger partial charge is 0.326 e. The second-order valence-corrected chi connectivity index (χ2v) is 8.30. The van der Waals surface area contributed by atoms with Crippen molar-refractivity contribution in [3.8, 4) is 0 Å². The van der Waals surface area contributed by atoms with Crippen LogP contribution in [0.15, 0.2) is 4.99 Å². The highest BCUT2D eigenvalue weighted by molar-refractivity contribution is 5.94. The molecule has 15 nitrogen and oxygen atoms in total. The van der Waals surface area contributed by atoms with Gasteiger partial charge in [-0.05, 0) is 39.0 Å². The molecule has 1 saturated heterocycles. The number of aliphatic hydroxyl groups excluding tert-OH is 1. The molecule has 0 aromatic heterocycles. The first kappa shape index (κ1) is 29.6. The van der Waals surface area contributed by atoms with E-state index in [0.29, 0.717) is 6.42 Å². The van der Waals surface area contributed by atoms with E-state index in [1.54, 1.807) is 0 Å². The standard InChI is InChI=1S/C20H35N7O8/c1-10(28)15(18(33)27-9-3-5-13(27)19(34)35)26-17(32)12(4-2-8-24-20(22)23)25-16(31)11(21)6-7-14(29)30/h10-13,15,28H,2-9,21H2,1H3,(H,25,31)(H,26,32)(H,29,30)(H,34,35)(H4,22,23,24). The van der Waals surface area contributed by atoms with Crippen LogP contribution in [0.5, 0.6) is 0 Å². The summed E-state index contributed by atoms with van der Waals surface area (Å²) in [5, 5.41) is 33.1. The Bertz CT molecular complexity index is 815. The normalized spacial score (nSPS) is 18.6. The van der Waals surface area contributed by atoms with Crippen LogP contribution < -0.4 is 27.8 Å². The highest BCUT2D eigenvalue weighted by atomic mass is 16.4. The zero-order valence-electron chi connectivity index (χ0n) is 19.6. The molecule has 0 spiro atoms. The summed E-state index contributed by atoms with van der Waals surface area (Å²) in [6.07, 6.45) is -0.889. The summed E-state index contributed by atoms with van der Waals surface area (Å²) in [6.45, 7) is 1.56. The van der Waals surface area contributed by atoms with Gasteiger partial charge in [-0.25, -0.2) is 4.79 Å². The molecule has 1 rings (SSSR count). The minimum Gasteiger partial charge on any atom is -0.481 e. The number of guanidine groups is 1. The molecule has 1 aliphatic heterocycles. The summed E-state index contributed by atoms with van der Waals surface area (Å²) in [6, 6.07) is -4.94. The number of hydrogen-bond donors (Lipinski definition) is 8. The van der Waals surface area contributed by atoms with Crippen LogP contribution in [0, 0.1) is 0 Å². The van der Waals surface area contributed by atoms with Crippen molar-refractivity contribution in [2.24, 2.45) is 22.2 Å². The van der Waals surface area contributed by atoms with E-state index in [2.05, 4.69) is 15.6 Å². The molecule has 0 aliphatic carbocycles. The van der Waals surface area contributed by atoms with Crippen LogP contribution in [0.2, 0.25) is 0 Å². The van der Waals surface area contributed by atoms with Crippen LogP contribution in [-0.4, -0.2) is 99.2 Å². The summed E-state index contributed by atoms with van der Waals surface area (Å²) >= 11 is 0. The third-order valence-electron chi connectivity index (χ3n) is 5.45. The van der Waals surface area contributed by atoms with Gasteiger partial charge in [-0.3, -0.25) is 24.2 Å². The van der Waals surface area contributed by atoms with E-state index in [9.17, 15) is 34.2 Å². The van der Waals surface area contributed by atoms with Crippen molar-refractivity contribution < 1.29 is 39.3 Å². The van der Waals surface area contributed by atoms with E-state index < -0.39 is 59.9 Å². The molecule has 1 heterocycles. The highest BCUT2D eigenvalue weighted by Gasteiger charge is 2.40. The Labute approximate surface area is 202 Å². The lowest BCUT2D eigenvalue weighted by Gasteiger charge is -2.30. The van der Waals surface area contributed by atoms with Gasteiger partial charge in [-0.15, -0.1) is 0 Å². The Hall–Kier alpha value is -3.46. The van der Waals surface area contributed by atoms with Crippen LogP contribution >= 0.6 is 0 Å². The molecule has 0 bridgehead atoms. The average Bonchev–Trinajstić information content (AvgIpc) is 3.27. The van der Waals surface area contributed by atoms with Gasteiger partial charge in [0.15, 0.2) is 5.96 Å². The number of nitrogens with two attached hydrogens (primary N) is 3. The third kappa shape index (κ3) is 9.74. The lowest BCUT2D eigenvalue weighted by molar-refractivity contribution is -0.150. The molecule has 1 fully saturated rings. The van der Waals surface area contributed by atoms with Gasteiger partial charge in [0.25, 0.3) is 0 Å². The lowest BCUT2D eigenvalue weighted by Crippen LogP contribution is -2.59. The van der Waals surface area contributed by atoms with Gasteiger partial charge >= 0.3 is 11.9 Å². The van der Waals surface area contributed by atoms with Crippen molar-refractivity contribution in [2.45, 2.75) is 75.7 Å². The van der Waals surface area contributed by atoms with E-state index in [0.717, 1.165) is 4.90 Å². The van der Waals surface area contributed by atoms with Gasteiger partial charge in [0.1, 0.15) is 18.1 Å². The molecule has 3 amide bonds. The van der Waals surface area contributed by atoms with Crippen molar-refractivity contribution in [2.75, 3.05) is 13.1 Å². The first-order valence-electron chi connectivity index (χ1n) is 11.2. The fraction of sp³-hybridized carbons (Fsp3) is 0.700. The number of carbonyl (C=O) groups excluding carboxylic acids is 3. The Morgan fingerprint density at radius 1 is 1.09 bits per heavy atom. The average molecular weight is 502 g/mol. The number of aliphatic hydroxyl groups is 1. The van der Waals surface area contributed by atoms with Crippen molar-refractivity contribution >= 4 is 35.6 Å². The molecule has 15 heteroatoms. The number of carbonyl (C=O) groups is 5. The fourth-order valence-corrected chi connectivity index (χ4v) is 3.57. The van der Waals surface area contributed by atoms with E-state index in [1.807, 2.05) is 0 Å². The van der Waals surface area contributed by atoms with Crippen LogP contribution in [0.1, 0.15) is 45.4 Å². The highest BCUT2D eigenvalue weighted by Crippen LogP contribution is 2.19. The maximum atomic E-state index is 13.0. The number of aliphatic imine (C=N–C) groups is 1. The lowest BCUT2D eigenvalue weighted by atomic mass is 10.1. The quantitative estimate of drug-likeness (QED) is 0.0662. The van der Waals surface area contributed by atoms with Crippen LogP contribution in [0.4, 0.5) is 0 Å². The van der Waals surface area contributed by atoms with Crippen LogP contribution in [0.25, 0.3) is 0 Å². The van der Waals surface area contributed by atoms with Crippen molar-refractivity contribution in [3.63, 3.8) is 0 Å². The molecule has 5 unspecified atom stereocenters. The Balaban J connectivity index is 2.97. The largest absolute Gasteiger partial charge is 0.481 e. The van der Waals surface area contributed by atoms with Crippen molar-refractivity contribution in [1.29, 1.82) is 0 Å². The molecule has 0 aromatic rings. The molecule has 198 valence electrons. The van der Waals surface area contributed by atoms with Gasteiger partial charge in [0.2, 0.25) is 17.7 Å². The second-order valence-electron chi connectivity index (χ2n) is 8.30. The summed E-state index contributed by atoms with van der Waals surface area (Å²) in [7, 11) is 0. The number of carboxylic acids is 2. The van der Waals surface area contributed by atoms with Gasteiger partial charge < -0.3 is 48.1 Å². The van der Waals surface area contributed by atoms with E-state index in [-0.39, 0.29) is 51.2 Å². The Kier molecular flexibility index (Phi) is 11.9. The second kappa shape index (κ2) is 14.1. The maximum absolute atomic E-state index is 13.0. The minimum absolute atomic E-state index is 0.0299. The van der Waals surface area contributed by atoms with Crippen LogP contribution in [0.3, 0.4) is 0 Å². The number of amides is 3. The van der Waals surface area contributed by atoms with Gasteiger partial charge in [0.05, 0.1) is 12.1 Å². The van der Waals surface area contributed by atoms with Gasteiger partial charge in [0, 0.05) is 19.5 Å². The molecule has 11 N–H and O–H groups in total. The number of aliphatic carboxylic acids is 2. The van der Waals surface area contributed by atoms with Gasteiger partial charge in [-0.1, -0.05) is 0 Å². The molecular weight excluding hydrogens is 466 g/mol. The van der Waals surface area contributed by atoms with Gasteiger partial charge in [-0.2, -0.15) is 0 Å². The van der Waals surface area contributed by atoms with Crippen LogP contribution in [-0.2, 0) is 24.0 Å². The van der Waals surface area contributed by atoms with Crippen molar-refractivity contribution in [3.05, 3.63) is 0 Å². The topological polar surface area (TPSA) is 264 Å². The summed E-state index contributed by atoms with van der Waals surface area (Å²) in [4.78, 5) is 65.4. The number of nitrogens with one attached hydrogen (secondary N) is 2. The minimum atomic E-state index is -1.46. The zero-order chi connectivity index (χ0) is 26.7.